The number of esters is 1. The van der Waals surface area contributed by atoms with Gasteiger partial charge in [0.05, 0.1) is 11.6 Å². The first kappa shape index (κ1) is 15.3. The Hall–Kier alpha value is -2.60. The fourth-order valence-electron chi connectivity index (χ4n) is 1.94. The monoisotopic (exact) mass is 373 g/mol. The van der Waals surface area contributed by atoms with Crippen LogP contribution in [-0.4, -0.2) is 18.2 Å². The summed E-state index contributed by atoms with van der Waals surface area (Å²) in [7, 11) is 1.60. The third-order valence-electron chi connectivity index (χ3n) is 3.13. The Morgan fingerprint density at radius 3 is 2.57 bits per heavy atom. The Labute approximate surface area is 140 Å². The van der Waals surface area contributed by atoms with Crippen molar-refractivity contribution in [2.75, 3.05) is 7.11 Å². The molecule has 0 saturated carbocycles. The third-order valence-corrected chi connectivity index (χ3v) is 3.79. The highest BCUT2D eigenvalue weighted by Crippen LogP contribution is 2.26. The summed E-state index contributed by atoms with van der Waals surface area (Å²) in [6.07, 6.45) is 0. The first-order chi connectivity index (χ1) is 11.2. The Morgan fingerprint density at radius 1 is 1.13 bits per heavy atom. The minimum Gasteiger partial charge on any atom is -0.497 e. The molecule has 0 aliphatic carbocycles. The van der Waals surface area contributed by atoms with Crippen LogP contribution >= 0.6 is 15.9 Å². The van der Waals surface area contributed by atoms with Crippen molar-refractivity contribution in [2.45, 2.75) is 0 Å². The van der Waals surface area contributed by atoms with E-state index in [9.17, 15) is 4.79 Å². The molecule has 0 spiro atoms. The number of halogens is 1. The maximum Gasteiger partial charge on any atom is 0.365 e. The molecule has 1 aromatic heterocycles. The van der Waals surface area contributed by atoms with Gasteiger partial charge >= 0.3 is 5.97 Å². The van der Waals surface area contributed by atoms with Crippen molar-refractivity contribution in [1.82, 2.24) is 5.16 Å². The molecule has 3 aromatic rings. The molecule has 0 aliphatic heterocycles. The van der Waals surface area contributed by atoms with E-state index >= 15 is 0 Å². The summed E-state index contributed by atoms with van der Waals surface area (Å²) in [4.78, 5) is 12.1. The van der Waals surface area contributed by atoms with E-state index in [0.717, 1.165) is 11.3 Å². The number of methoxy groups -OCH3 is 1. The second-order valence-electron chi connectivity index (χ2n) is 4.62. The quantitative estimate of drug-likeness (QED) is 0.503. The molecule has 0 aliphatic rings. The maximum absolute atomic E-state index is 12.1. The Balaban J connectivity index is 1.78. The molecule has 0 bridgehead atoms. The van der Waals surface area contributed by atoms with Crippen molar-refractivity contribution in [2.24, 2.45) is 0 Å². The zero-order valence-corrected chi connectivity index (χ0v) is 13.7. The molecule has 2 aromatic carbocycles. The Bertz CT molecular complexity index is 827. The van der Waals surface area contributed by atoms with Crippen LogP contribution in [0.1, 0.15) is 10.5 Å². The van der Waals surface area contributed by atoms with Gasteiger partial charge in [0, 0.05) is 11.6 Å². The van der Waals surface area contributed by atoms with Crippen molar-refractivity contribution >= 4 is 21.9 Å². The van der Waals surface area contributed by atoms with E-state index in [2.05, 4.69) is 21.1 Å². The lowest BCUT2D eigenvalue weighted by molar-refractivity contribution is 0.0723. The van der Waals surface area contributed by atoms with E-state index in [-0.39, 0.29) is 5.69 Å². The Morgan fingerprint density at radius 2 is 1.87 bits per heavy atom. The highest BCUT2D eigenvalue weighted by Gasteiger charge is 2.17. The minimum absolute atomic E-state index is 0.103. The number of carbonyl (C=O) groups excluding carboxylic acids is 1. The van der Waals surface area contributed by atoms with Gasteiger partial charge in [-0.2, -0.15) is 0 Å². The van der Waals surface area contributed by atoms with E-state index in [0.29, 0.717) is 16.0 Å². The third kappa shape index (κ3) is 3.43. The number of carbonyl (C=O) groups is 1. The van der Waals surface area contributed by atoms with Crippen molar-refractivity contribution in [3.05, 3.63) is 64.8 Å². The van der Waals surface area contributed by atoms with Gasteiger partial charge in [0.1, 0.15) is 11.5 Å². The van der Waals surface area contributed by atoms with Gasteiger partial charge in [-0.05, 0) is 52.3 Å². The SMILES string of the molecule is COc1ccc(-c2cc(C(=O)Oc3ccccc3Br)no2)cc1. The van der Waals surface area contributed by atoms with Gasteiger partial charge in [0.15, 0.2) is 11.5 Å². The lowest BCUT2D eigenvalue weighted by Crippen LogP contribution is -2.08. The zero-order chi connectivity index (χ0) is 16.2. The van der Waals surface area contributed by atoms with Gasteiger partial charge in [-0.3, -0.25) is 0 Å². The van der Waals surface area contributed by atoms with Crippen LogP contribution in [0, 0.1) is 0 Å². The van der Waals surface area contributed by atoms with E-state index in [1.54, 1.807) is 43.5 Å². The molecule has 0 radical (unpaired) electrons. The molecule has 23 heavy (non-hydrogen) atoms. The fourth-order valence-corrected chi connectivity index (χ4v) is 2.31. The van der Waals surface area contributed by atoms with Gasteiger partial charge in [0.25, 0.3) is 0 Å². The van der Waals surface area contributed by atoms with E-state index in [1.807, 2.05) is 18.2 Å². The van der Waals surface area contributed by atoms with Crippen molar-refractivity contribution < 1.29 is 18.8 Å². The number of rotatable bonds is 4. The molecule has 1 heterocycles. The summed E-state index contributed by atoms with van der Waals surface area (Å²) < 4.78 is 16.3. The van der Waals surface area contributed by atoms with Crippen LogP contribution in [0.2, 0.25) is 0 Å². The van der Waals surface area contributed by atoms with E-state index in [1.165, 1.54) is 0 Å². The molecule has 0 amide bonds. The van der Waals surface area contributed by atoms with Crippen LogP contribution in [0.4, 0.5) is 0 Å². The van der Waals surface area contributed by atoms with Crippen LogP contribution in [-0.2, 0) is 0 Å². The summed E-state index contributed by atoms with van der Waals surface area (Å²) in [6.45, 7) is 0. The molecule has 116 valence electrons. The highest BCUT2D eigenvalue weighted by molar-refractivity contribution is 9.10. The lowest BCUT2D eigenvalue weighted by atomic mass is 10.1. The fraction of sp³-hybridized carbons (Fsp3) is 0.0588. The molecule has 0 unspecified atom stereocenters. The number of nitrogens with zero attached hydrogens (tertiary/aromatic N) is 1. The predicted octanol–water partition coefficient (Wildman–Crippen LogP) is 4.33. The summed E-state index contributed by atoms with van der Waals surface area (Å²) in [5.74, 6) is 1.06. The predicted molar refractivity (Wildman–Crippen MR) is 87.6 cm³/mol. The van der Waals surface area contributed by atoms with E-state index < -0.39 is 5.97 Å². The van der Waals surface area contributed by atoms with Crippen LogP contribution in [0.15, 0.2) is 63.6 Å². The van der Waals surface area contributed by atoms with Crippen LogP contribution in [0.25, 0.3) is 11.3 Å². The summed E-state index contributed by atoms with van der Waals surface area (Å²) in [6, 6.07) is 15.9. The molecule has 6 heteroatoms. The first-order valence-corrected chi connectivity index (χ1v) is 7.54. The standard InChI is InChI=1S/C17H12BrNO4/c1-21-12-8-6-11(7-9-12)16-10-14(19-23-16)17(20)22-15-5-3-2-4-13(15)18/h2-10H,1H3. The largest absolute Gasteiger partial charge is 0.497 e. The molecular weight excluding hydrogens is 362 g/mol. The molecule has 0 fully saturated rings. The van der Waals surface area contributed by atoms with Crippen molar-refractivity contribution in [3.63, 3.8) is 0 Å². The average Bonchev–Trinajstić information content (AvgIpc) is 3.07. The summed E-state index contributed by atoms with van der Waals surface area (Å²) in [5, 5.41) is 3.76. The summed E-state index contributed by atoms with van der Waals surface area (Å²) in [5.41, 5.74) is 0.893. The van der Waals surface area contributed by atoms with Gasteiger partial charge < -0.3 is 14.0 Å². The number of para-hydroxylation sites is 1. The smallest absolute Gasteiger partial charge is 0.365 e. The minimum atomic E-state index is -0.583. The van der Waals surface area contributed by atoms with Crippen LogP contribution in [0.3, 0.4) is 0 Å². The van der Waals surface area contributed by atoms with Gasteiger partial charge in [0.2, 0.25) is 0 Å². The topological polar surface area (TPSA) is 61.6 Å². The first-order valence-electron chi connectivity index (χ1n) is 6.75. The zero-order valence-electron chi connectivity index (χ0n) is 12.2. The van der Waals surface area contributed by atoms with Gasteiger partial charge in [-0.15, -0.1) is 0 Å². The van der Waals surface area contributed by atoms with Crippen molar-refractivity contribution in [1.29, 1.82) is 0 Å². The normalized spacial score (nSPS) is 10.3. The number of benzene rings is 2. The maximum atomic E-state index is 12.1. The van der Waals surface area contributed by atoms with E-state index in [4.69, 9.17) is 14.0 Å². The molecule has 0 atom stereocenters. The van der Waals surface area contributed by atoms with Crippen LogP contribution < -0.4 is 9.47 Å². The van der Waals surface area contributed by atoms with Crippen LogP contribution in [0.5, 0.6) is 11.5 Å². The molecule has 5 nitrogen and oxygen atoms in total. The second kappa shape index (κ2) is 6.66. The Kier molecular flexibility index (Phi) is 4.43. The number of hydrogen-bond acceptors (Lipinski definition) is 5. The second-order valence-corrected chi connectivity index (χ2v) is 5.48. The highest BCUT2D eigenvalue weighted by atomic mass is 79.9. The number of aromatic nitrogens is 1. The molecule has 0 N–H and O–H groups in total. The average molecular weight is 374 g/mol. The lowest BCUT2D eigenvalue weighted by Gasteiger charge is -2.03. The molecular formula is C17H12BrNO4. The van der Waals surface area contributed by atoms with Gasteiger partial charge in [-0.1, -0.05) is 17.3 Å². The number of hydrogen-bond donors (Lipinski definition) is 0. The summed E-state index contributed by atoms with van der Waals surface area (Å²) >= 11 is 3.32. The van der Waals surface area contributed by atoms with Gasteiger partial charge in [-0.25, -0.2) is 4.79 Å². The molecule has 3 rings (SSSR count). The molecule has 0 saturated heterocycles. The van der Waals surface area contributed by atoms with Crippen molar-refractivity contribution in [3.8, 4) is 22.8 Å². The number of ether oxygens (including phenoxy) is 2.